The highest BCUT2D eigenvalue weighted by Gasteiger charge is 2.43. The number of halogens is 3. The number of anilines is 1. The van der Waals surface area contributed by atoms with Crippen molar-refractivity contribution >= 4 is 34.9 Å². The molecule has 25 heavy (non-hydrogen) atoms. The van der Waals surface area contributed by atoms with E-state index in [-0.39, 0.29) is 10.8 Å². The van der Waals surface area contributed by atoms with Crippen molar-refractivity contribution in [2.75, 3.05) is 4.90 Å². The van der Waals surface area contributed by atoms with Gasteiger partial charge in [-0.15, -0.1) is 0 Å². The number of nitrogens with zero attached hydrogens (tertiary/aromatic N) is 2. The minimum absolute atomic E-state index is 0.0191. The second-order valence-corrected chi connectivity index (χ2v) is 5.94. The summed E-state index contributed by atoms with van der Waals surface area (Å²) >= 11 is 4.99. The number of nitrogens with one attached hydrogen (secondary N) is 1. The number of hydrogen-bond acceptors (Lipinski definition) is 4. The number of carboxylic acids is 1. The van der Waals surface area contributed by atoms with Crippen LogP contribution >= 0.6 is 12.2 Å². The topological polar surface area (TPSA) is 93.4 Å². The molecule has 10 heteroatoms. The molecule has 1 aliphatic heterocycles. The molecule has 6 nitrogen and oxygen atoms in total. The van der Waals surface area contributed by atoms with Gasteiger partial charge in [-0.1, -0.05) is 0 Å². The molecule has 0 atom stereocenters. The monoisotopic (exact) mass is 373 g/mol. The standard InChI is InChI=1S/C13H10F3N3OS.C2H4O2/c1-12(2)10(20)19(11(21)18-12)8-4-3-7(6-17)9(5-8)13(14,15)16;1-2(3)4/h3-5H,1-2H3,(H,18,21);1H3,(H,3,4). The van der Waals surface area contributed by atoms with Crippen LogP contribution in [-0.2, 0) is 15.8 Å². The molecule has 1 fully saturated rings. The molecule has 0 spiro atoms. The van der Waals surface area contributed by atoms with Gasteiger partial charge in [-0.2, -0.15) is 18.4 Å². The fourth-order valence-corrected chi connectivity index (χ4v) is 2.43. The Bertz CT molecular complexity index is 766. The number of hydrogen-bond donors (Lipinski definition) is 2. The number of carbonyl (C=O) groups excluding carboxylic acids is 1. The van der Waals surface area contributed by atoms with E-state index in [1.807, 2.05) is 0 Å². The number of carbonyl (C=O) groups is 2. The number of nitriles is 1. The molecule has 0 aliphatic carbocycles. The van der Waals surface area contributed by atoms with Crippen molar-refractivity contribution in [3.8, 4) is 6.07 Å². The first kappa shape index (κ1) is 20.4. The zero-order chi connectivity index (χ0) is 19.6. The lowest BCUT2D eigenvalue weighted by Crippen LogP contribution is -2.40. The van der Waals surface area contributed by atoms with E-state index >= 15 is 0 Å². The highest BCUT2D eigenvalue weighted by molar-refractivity contribution is 7.80. The summed E-state index contributed by atoms with van der Waals surface area (Å²) in [6.45, 7) is 4.24. The third-order valence-electron chi connectivity index (χ3n) is 3.05. The van der Waals surface area contributed by atoms with Crippen LogP contribution in [0.2, 0.25) is 0 Å². The van der Waals surface area contributed by atoms with E-state index < -0.39 is 34.7 Å². The molecule has 1 aromatic carbocycles. The minimum Gasteiger partial charge on any atom is -0.481 e. The van der Waals surface area contributed by atoms with Gasteiger partial charge in [0, 0.05) is 6.92 Å². The summed E-state index contributed by atoms with van der Waals surface area (Å²) in [6, 6.07) is 4.53. The molecule has 0 radical (unpaired) electrons. The first-order valence-electron chi connectivity index (χ1n) is 6.79. The zero-order valence-corrected chi connectivity index (χ0v) is 14.2. The smallest absolute Gasteiger partial charge is 0.417 e. The predicted octanol–water partition coefficient (Wildman–Crippen LogP) is 2.67. The van der Waals surface area contributed by atoms with Crippen molar-refractivity contribution in [1.29, 1.82) is 5.26 Å². The SMILES string of the molecule is CC(=O)O.CC1(C)NC(=S)N(c2ccc(C#N)c(C(F)(F)F)c2)C1=O. The van der Waals surface area contributed by atoms with Gasteiger partial charge in [0.2, 0.25) is 0 Å². The van der Waals surface area contributed by atoms with E-state index in [2.05, 4.69) is 5.32 Å². The van der Waals surface area contributed by atoms with Crippen LogP contribution in [0.25, 0.3) is 0 Å². The lowest BCUT2D eigenvalue weighted by atomic mass is 10.0. The molecular weight excluding hydrogens is 359 g/mol. The number of alkyl halides is 3. The zero-order valence-electron chi connectivity index (χ0n) is 13.4. The maximum atomic E-state index is 12.9. The quantitative estimate of drug-likeness (QED) is 0.735. The summed E-state index contributed by atoms with van der Waals surface area (Å²) < 4.78 is 38.8. The van der Waals surface area contributed by atoms with Crippen LogP contribution < -0.4 is 10.2 Å². The Kier molecular flexibility index (Phi) is 5.76. The number of thiocarbonyl (C=S) groups is 1. The number of benzene rings is 1. The average Bonchev–Trinajstić information content (AvgIpc) is 2.65. The summed E-state index contributed by atoms with van der Waals surface area (Å²) in [4.78, 5) is 22.2. The van der Waals surface area contributed by atoms with Gasteiger partial charge in [0.25, 0.3) is 11.9 Å². The lowest BCUT2D eigenvalue weighted by molar-refractivity contribution is -0.138. The van der Waals surface area contributed by atoms with Crippen molar-refractivity contribution in [3.05, 3.63) is 29.3 Å². The molecule has 134 valence electrons. The van der Waals surface area contributed by atoms with Crippen molar-refractivity contribution in [1.82, 2.24) is 5.32 Å². The minimum atomic E-state index is -4.69. The fraction of sp³-hybridized carbons (Fsp3) is 0.333. The molecule has 1 saturated heterocycles. The number of amides is 1. The van der Waals surface area contributed by atoms with E-state index in [0.717, 1.165) is 24.0 Å². The molecular formula is C15H14F3N3O3S. The van der Waals surface area contributed by atoms with Crippen molar-refractivity contribution in [2.45, 2.75) is 32.5 Å². The van der Waals surface area contributed by atoms with E-state index in [9.17, 15) is 18.0 Å². The normalized spacial score (nSPS) is 15.8. The van der Waals surface area contributed by atoms with Crippen LogP contribution in [0, 0.1) is 11.3 Å². The second-order valence-electron chi connectivity index (χ2n) is 5.55. The molecule has 2 N–H and O–H groups in total. The van der Waals surface area contributed by atoms with Crippen molar-refractivity contribution in [3.63, 3.8) is 0 Å². The van der Waals surface area contributed by atoms with Crippen LogP contribution in [0.1, 0.15) is 31.9 Å². The third kappa shape index (κ3) is 4.67. The molecule has 0 aromatic heterocycles. The van der Waals surface area contributed by atoms with Gasteiger partial charge >= 0.3 is 6.18 Å². The van der Waals surface area contributed by atoms with Crippen LogP contribution in [0.5, 0.6) is 0 Å². The number of carboxylic acid groups (broad SMARTS) is 1. The van der Waals surface area contributed by atoms with Gasteiger partial charge in [-0.05, 0) is 44.3 Å². The third-order valence-corrected chi connectivity index (χ3v) is 3.33. The number of rotatable bonds is 1. The predicted molar refractivity (Wildman–Crippen MR) is 86.8 cm³/mol. The maximum Gasteiger partial charge on any atom is 0.417 e. The maximum absolute atomic E-state index is 12.9. The van der Waals surface area contributed by atoms with E-state index in [4.69, 9.17) is 27.4 Å². The second kappa shape index (κ2) is 7.06. The van der Waals surface area contributed by atoms with Crippen LogP contribution in [0.15, 0.2) is 18.2 Å². The largest absolute Gasteiger partial charge is 0.481 e. The Hall–Kier alpha value is -2.67. The highest BCUT2D eigenvalue weighted by atomic mass is 32.1. The first-order chi connectivity index (χ1) is 11.3. The Morgan fingerprint density at radius 1 is 1.40 bits per heavy atom. The Balaban J connectivity index is 0.000000705. The van der Waals surface area contributed by atoms with E-state index in [1.54, 1.807) is 13.8 Å². The van der Waals surface area contributed by atoms with Gasteiger partial charge in [0.1, 0.15) is 5.54 Å². The summed E-state index contributed by atoms with van der Waals surface area (Å²) in [5, 5.41) is 18.9. The van der Waals surface area contributed by atoms with Gasteiger partial charge in [0.05, 0.1) is 22.9 Å². The Labute approximate surface area is 146 Å². The first-order valence-corrected chi connectivity index (χ1v) is 7.19. The van der Waals surface area contributed by atoms with Crippen LogP contribution in [0.4, 0.5) is 18.9 Å². The summed E-state index contributed by atoms with van der Waals surface area (Å²) in [7, 11) is 0. The van der Waals surface area contributed by atoms with E-state index in [1.165, 1.54) is 12.1 Å². The molecule has 0 saturated carbocycles. The molecule has 1 aromatic rings. The van der Waals surface area contributed by atoms with Gasteiger partial charge in [-0.25, -0.2) is 0 Å². The summed E-state index contributed by atoms with van der Waals surface area (Å²) in [6.07, 6.45) is -4.69. The molecule has 0 unspecified atom stereocenters. The summed E-state index contributed by atoms with van der Waals surface area (Å²) in [5.41, 5.74) is -2.60. The van der Waals surface area contributed by atoms with Crippen molar-refractivity contribution in [2.24, 2.45) is 0 Å². The lowest BCUT2D eigenvalue weighted by Gasteiger charge is -2.18. The Morgan fingerprint density at radius 2 is 1.92 bits per heavy atom. The van der Waals surface area contributed by atoms with Crippen LogP contribution in [0.3, 0.4) is 0 Å². The van der Waals surface area contributed by atoms with Gasteiger partial charge in [0.15, 0.2) is 5.11 Å². The van der Waals surface area contributed by atoms with Gasteiger partial charge in [-0.3, -0.25) is 14.5 Å². The molecule has 1 heterocycles. The molecule has 1 aliphatic rings. The molecule has 1 amide bonds. The van der Waals surface area contributed by atoms with Crippen molar-refractivity contribution < 1.29 is 27.9 Å². The Morgan fingerprint density at radius 3 is 2.28 bits per heavy atom. The van der Waals surface area contributed by atoms with Gasteiger partial charge < -0.3 is 10.4 Å². The van der Waals surface area contributed by atoms with Crippen LogP contribution in [-0.4, -0.2) is 27.6 Å². The number of aliphatic carboxylic acids is 1. The molecule has 0 bridgehead atoms. The molecule has 2 rings (SSSR count). The fourth-order valence-electron chi connectivity index (χ4n) is 1.99. The van der Waals surface area contributed by atoms with E-state index in [0.29, 0.717) is 0 Å². The summed E-state index contributed by atoms with van der Waals surface area (Å²) in [5.74, 6) is -1.29. The average molecular weight is 373 g/mol. The highest BCUT2D eigenvalue weighted by Crippen LogP contribution is 2.35.